The van der Waals surface area contributed by atoms with E-state index >= 15 is 0 Å². The van der Waals surface area contributed by atoms with E-state index in [9.17, 15) is 9.59 Å². The third-order valence-corrected chi connectivity index (χ3v) is 8.27. The summed E-state index contributed by atoms with van der Waals surface area (Å²) in [6.07, 6.45) is 2.27. The molecular formula is C33H31N5O3. The Kier molecular flexibility index (Phi) is 6.70. The Morgan fingerprint density at radius 1 is 0.927 bits per heavy atom. The van der Waals surface area contributed by atoms with E-state index in [0.717, 1.165) is 31.6 Å². The molecule has 2 saturated heterocycles. The number of pyridine rings is 1. The zero-order valence-corrected chi connectivity index (χ0v) is 22.6. The van der Waals surface area contributed by atoms with Crippen molar-refractivity contribution in [1.29, 1.82) is 0 Å². The lowest BCUT2D eigenvalue weighted by molar-refractivity contribution is 0.0355. The molecular weight excluding hydrogens is 514 g/mol. The Labute approximate surface area is 239 Å². The number of carbonyl (C=O) groups is 2. The Morgan fingerprint density at radius 3 is 2.56 bits per heavy atom. The number of hydrogen-bond donors (Lipinski definition) is 2. The summed E-state index contributed by atoms with van der Waals surface area (Å²) in [7, 11) is 0. The van der Waals surface area contributed by atoms with Crippen LogP contribution in [0.4, 0.5) is 16.3 Å². The smallest absolute Gasteiger partial charge is 0.324 e. The number of likely N-dealkylation sites (tertiary alicyclic amines) is 1. The maximum atomic E-state index is 13.4. The number of rotatable bonds is 6. The minimum absolute atomic E-state index is 0.0901. The van der Waals surface area contributed by atoms with Gasteiger partial charge in [-0.05, 0) is 59.8 Å². The number of carbonyl (C=O) groups excluding carboxylic acids is 2. The molecule has 3 aliphatic rings. The molecule has 3 aromatic carbocycles. The molecule has 7 rings (SSSR count). The average molecular weight is 546 g/mol. The molecule has 1 aromatic heterocycles. The third-order valence-electron chi connectivity index (χ3n) is 8.27. The molecule has 4 heterocycles. The predicted octanol–water partition coefficient (Wildman–Crippen LogP) is 5.94. The summed E-state index contributed by atoms with van der Waals surface area (Å²) < 4.78 is 6.12. The number of urea groups is 1. The van der Waals surface area contributed by atoms with Gasteiger partial charge in [-0.2, -0.15) is 0 Å². The van der Waals surface area contributed by atoms with Crippen LogP contribution in [-0.4, -0.2) is 46.4 Å². The van der Waals surface area contributed by atoms with Crippen molar-refractivity contribution in [1.82, 2.24) is 14.8 Å². The zero-order valence-electron chi connectivity index (χ0n) is 22.6. The molecule has 2 fully saturated rings. The van der Waals surface area contributed by atoms with E-state index in [1.54, 1.807) is 29.3 Å². The van der Waals surface area contributed by atoms with Crippen LogP contribution in [0.1, 0.15) is 57.2 Å². The van der Waals surface area contributed by atoms with Gasteiger partial charge in [0.05, 0.1) is 18.3 Å². The van der Waals surface area contributed by atoms with Crippen molar-refractivity contribution in [3.05, 3.63) is 125 Å². The third kappa shape index (κ3) is 4.96. The van der Waals surface area contributed by atoms with Gasteiger partial charge < -0.3 is 10.1 Å². The highest BCUT2D eigenvalue weighted by atomic mass is 16.5. The number of benzene rings is 3. The molecule has 0 aliphatic carbocycles. The number of nitrogens with zero attached hydrogens (tertiary/aromatic N) is 3. The van der Waals surface area contributed by atoms with Gasteiger partial charge in [0.15, 0.2) is 6.23 Å². The summed E-state index contributed by atoms with van der Waals surface area (Å²) in [5, 5.41) is 5.83. The largest absolute Gasteiger partial charge is 0.351 e. The second-order valence-electron chi connectivity index (χ2n) is 10.9. The fourth-order valence-electron chi connectivity index (χ4n) is 6.30. The lowest BCUT2D eigenvalue weighted by Crippen LogP contribution is -2.27. The number of amides is 3. The van der Waals surface area contributed by atoms with Crippen LogP contribution in [-0.2, 0) is 11.3 Å². The van der Waals surface area contributed by atoms with Crippen LogP contribution in [0.25, 0.3) is 0 Å². The predicted molar refractivity (Wildman–Crippen MR) is 156 cm³/mol. The van der Waals surface area contributed by atoms with Crippen LogP contribution in [0.5, 0.6) is 0 Å². The molecule has 2 N–H and O–H groups in total. The number of nitrogens with one attached hydrogen (secondary N) is 2. The minimum Gasteiger partial charge on any atom is -0.351 e. The molecule has 3 atom stereocenters. The highest BCUT2D eigenvalue weighted by Gasteiger charge is 2.48. The van der Waals surface area contributed by atoms with Crippen molar-refractivity contribution in [3.63, 3.8) is 0 Å². The molecule has 3 amide bonds. The maximum absolute atomic E-state index is 13.4. The highest BCUT2D eigenvalue weighted by Crippen LogP contribution is 2.48. The van der Waals surface area contributed by atoms with Crippen molar-refractivity contribution in [2.75, 3.05) is 30.3 Å². The van der Waals surface area contributed by atoms with E-state index in [0.29, 0.717) is 35.2 Å². The van der Waals surface area contributed by atoms with E-state index < -0.39 is 12.3 Å². The lowest BCUT2D eigenvalue weighted by Gasteiger charge is -2.22. The van der Waals surface area contributed by atoms with Crippen LogP contribution in [0.15, 0.2) is 97.2 Å². The topological polar surface area (TPSA) is 86.8 Å². The molecule has 0 bridgehead atoms. The summed E-state index contributed by atoms with van der Waals surface area (Å²) in [5.74, 6) is 0.789. The number of fused-ring (bicyclic) bond motifs is 3. The normalized spacial score (nSPS) is 21.5. The van der Waals surface area contributed by atoms with Gasteiger partial charge in [0.25, 0.3) is 5.91 Å². The van der Waals surface area contributed by atoms with E-state index in [-0.39, 0.29) is 11.9 Å². The standard InChI is InChI=1S/C33H31N5O3/c39-31-26-12-7-13-27(30(26)32-38(31)28(21-41-32)23-10-5-2-6-11-23)35-33(40)36-29-18-24(14-16-34-29)25-15-17-37(20-25)19-22-8-3-1-4-9-22/h1-14,16,18,25,28,32H,15,17,19-21H2,(H2,34,35,36,40)/t25?,28-,32?/m1/s1. The summed E-state index contributed by atoms with van der Waals surface area (Å²) in [4.78, 5) is 35.1. The van der Waals surface area contributed by atoms with Crippen molar-refractivity contribution in [2.24, 2.45) is 0 Å². The van der Waals surface area contributed by atoms with Gasteiger partial charge in [0.2, 0.25) is 0 Å². The first-order valence-corrected chi connectivity index (χ1v) is 14.1. The molecule has 8 nitrogen and oxygen atoms in total. The van der Waals surface area contributed by atoms with Crippen LogP contribution in [0.3, 0.4) is 0 Å². The fourth-order valence-corrected chi connectivity index (χ4v) is 6.30. The molecule has 0 saturated carbocycles. The summed E-state index contributed by atoms with van der Waals surface area (Å²) in [6.45, 7) is 3.35. The van der Waals surface area contributed by atoms with Crippen LogP contribution >= 0.6 is 0 Å². The van der Waals surface area contributed by atoms with Gasteiger partial charge in [-0.3, -0.25) is 19.9 Å². The second kappa shape index (κ2) is 10.8. The Morgan fingerprint density at radius 2 is 1.73 bits per heavy atom. The van der Waals surface area contributed by atoms with E-state index in [4.69, 9.17) is 4.74 Å². The van der Waals surface area contributed by atoms with Crippen LogP contribution in [0, 0.1) is 0 Å². The SMILES string of the molecule is O=C(Nc1cc(C2CCN(Cc3ccccc3)C2)ccn1)Nc1cccc2c1C1OC[C@H](c3ccccc3)N1C2=O. The van der Waals surface area contributed by atoms with Crippen molar-refractivity contribution in [2.45, 2.75) is 31.2 Å². The van der Waals surface area contributed by atoms with Gasteiger partial charge in [-0.1, -0.05) is 66.7 Å². The summed E-state index contributed by atoms with van der Waals surface area (Å²) in [6, 6.07) is 29.2. The second-order valence-corrected chi connectivity index (χ2v) is 10.9. The van der Waals surface area contributed by atoms with Gasteiger partial charge in [-0.15, -0.1) is 0 Å². The van der Waals surface area contributed by atoms with E-state index in [1.165, 1.54) is 11.1 Å². The van der Waals surface area contributed by atoms with Crippen molar-refractivity contribution in [3.8, 4) is 0 Å². The van der Waals surface area contributed by atoms with Gasteiger partial charge >= 0.3 is 6.03 Å². The molecule has 206 valence electrons. The average Bonchev–Trinajstić information content (AvgIpc) is 3.71. The molecule has 0 spiro atoms. The maximum Gasteiger partial charge on any atom is 0.324 e. The minimum atomic E-state index is -0.540. The fraction of sp³-hybridized carbons (Fsp3) is 0.242. The van der Waals surface area contributed by atoms with E-state index in [2.05, 4.69) is 44.8 Å². The molecule has 3 aliphatic heterocycles. The first-order chi connectivity index (χ1) is 20.1. The first kappa shape index (κ1) is 25.4. The molecule has 4 aromatic rings. The number of anilines is 2. The highest BCUT2D eigenvalue weighted by molar-refractivity contribution is 6.05. The van der Waals surface area contributed by atoms with Crippen LogP contribution < -0.4 is 10.6 Å². The monoisotopic (exact) mass is 545 g/mol. The lowest BCUT2D eigenvalue weighted by atomic mass is 9.99. The van der Waals surface area contributed by atoms with Crippen LogP contribution in [0.2, 0.25) is 0 Å². The Bertz CT molecular complexity index is 1580. The van der Waals surface area contributed by atoms with Crippen molar-refractivity contribution >= 4 is 23.4 Å². The van der Waals surface area contributed by atoms with Crippen molar-refractivity contribution < 1.29 is 14.3 Å². The first-order valence-electron chi connectivity index (χ1n) is 14.1. The number of aromatic nitrogens is 1. The number of hydrogen-bond acceptors (Lipinski definition) is 5. The molecule has 2 unspecified atom stereocenters. The molecule has 0 radical (unpaired) electrons. The molecule has 41 heavy (non-hydrogen) atoms. The zero-order chi connectivity index (χ0) is 27.8. The van der Waals surface area contributed by atoms with Gasteiger partial charge in [-0.25, -0.2) is 9.78 Å². The van der Waals surface area contributed by atoms with Gasteiger partial charge in [0.1, 0.15) is 5.82 Å². The Balaban J connectivity index is 1.03. The Hall–Kier alpha value is -4.53. The summed E-state index contributed by atoms with van der Waals surface area (Å²) >= 11 is 0. The van der Waals surface area contributed by atoms with E-state index in [1.807, 2.05) is 48.5 Å². The quantitative estimate of drug-likeness (QED) is 0.313. The number of ether oxygens (including phenoxy) is 1. The van der Waals surface area contributed by atoms with Gasteiger partial charge in [0, 0.05) is 30.4 Å². The molecule has 8 heteroatoms. The summed E-state index contributed by atoms with van der Waals surface area (Å²) in [5.41, 5.74) is 5.31.